The molecule has 0 heterocycles. The third-order valence-corrected chi connectivity index (χ3v) is 1.39. The van der Waals surface area contributed by atoms with Crippen LogP contribution in [0, 0.1) is 0 Å². The summed E-state index contributed by atoms with van der Waals surface area (Å²) in [7, 11) is 3.56. The van der Waals surface area contributed by atoms with Crippen LogP contribution < -0.4 is 5.46 Å². The van der Waals surface area contributed by atoms with Gasteiger partial charge in [0.15, 0.2) is 0 Å². The van der Waals surface area contributed by atoms with E-state index >= 15 is 0 Å². The Morgan fingerprint density at radius 2 is 1.91 bits per heavy atom. The summed E-state index contributed by atoms with van der Waals surface area (Å²) in [5.41, 5.74) is 1.23. The van der Waals surface area contributed by atoms with Crippen molar-refractivity contribution in [3.63, 3.8) is 0 Å². The van der Waals surface area contributed by atoms with Gasteiger partial charge in [0.2, 0.25) is 0 Å². The zero-order chi connectivity index (χ0) is 8.27. The monoisotopic (exact) mass is 144 g/mol. The third-order valence-electron chi connectivity index (χ3n) is 1.39. The van der Waals surface area contributed by atoms with Crippen molar-refractivity contribution < 1.29 is 9.90 Å². The van der Waals surface area contributed by atoms with Gasteiger partial charge < -0.3 is 0 Å². The average Bonchev–Trinajstić information content (AvgIpc) is 2.05. The summed E-state index contributed by atoms with van der Waals surface area (Å²) in [4.78, 5) is 10.4. The first-order valence-electron chi connectivity index (χ1n) is 3.20. The molecule has 11 heavy (non-hydrogen) atoms. The normalized spacial score (nSPS) is 8.64. The fourth-order valence-corrected chi connectivity index (χ4v) is 0.762. The van der Waals surface area contributed by atoms with Gasteiger partial charge in [0.05, 0.1) is 0 Å². The molecule has 0 spiro atoms. The van der Waals surface area contributed by atoms with Crippen molar-refractivity contribution >= 4 is 25.6 Å². The summed E-state index contributed by atoms with van der Waals surface area (Å²) in [6.45, 7) is 1.67. The molecule has 0 aliphatic heterocycles. The Hall–Kier alpha value is -1.18. The van der Waals surface area contributed by atoms with Gasteiger partial charge in [0.1, 0.15) is 0 Å². The van der Waals surface area contributed by atoms with Crippen molar-refractivity contribution in [2.45, 2.75) is 0 Å². The maximum absolute atomic E-state index is 10.4. The van der Waals surface area contributed by atoms with E-state index in [2.05, 4.69) is 7.37 Å². The van der Waals surface area contributed by atoms with Crippen molar-refractivity contribution in [2.24, 2.45) is 0 Å². The van der Waals surface area contributed by atoms with Gasteiger partial charge in [-0.15, -0.1) is 0 Å². The van der Waals surface area contributed by atoms with Crippen molar-refractivity contribution in [3.05, 3.63) is 29.8 Å². The number of hydrogen-bond donors (Lipinski definition) is 1. The molecule has 0 aliphatic carbocycles. The second-order valence-corrected chi connectivity index (χ2v) is 2.13. The number of carboxylic acids is 1. The number of aromatic carboxylic acids is 1. The molecule has 0 fully saturated rings. The molecule has 1 aromatic rings. The molecule has 0 amide bonds. The minimum absolute atomic E-state index is 0.301. The standard InChI is InChI=1S/C7H6B2O2/c8-9-6-3-1-5(2-4-6)7(10)11/h1-4,8H,(H,10,11). The first-order valence-corrected chi connectivity index (χ1v) is 3.20. The van der Waals surface area contributed by atoms with Gasteiger partial charge in [-0.2, -0.15) is 0 Å². The molecule has 1 aromatic carbocycles. The van der Waals surface area contributed by atoms with Crippen molar-refractivity contribution in [1.29, 1.82) is 0 Å². The van der Waals surface area contributed by atoms with Crippen LogP contribution in [0.5, 0.6) is 0 Å². The molecule has 0 aromatic heterocycles. The molecular formula is C7H6B2O2. The minimum atomic E-state index is -0.902. The van der Waals surface area contributed by atoms with Crippen LogP contribution in [0.25, 0.3) is 0 Å². The Bertz CT molecular complexity index is 279. The summed E-state index contributed by atoms with van der Waals surface area (Å²) >= 11 is 0. The number of carboxylic acid groups (broad SMARTS) is 1. The van der Waals surface area contributed by atoms with E-state index in [9.17, 15) is 4.79 Å². The third kappa shape index (κ3) is 1.87. The fourth-order valence-electron chi connectivity index (χ4n) is 0.762. The summed E-state index contributed by atoms with van der Waals surface area (Å²) < 4.78 is 0. The van der Waals surface area contributed by atoms with E-state index in [1.54, 1.807) is 31.1 Å². The molecule has 1 rings (SSSR count). The van der Waals surface area contributed by atoms with E-state index in [0.717, 1.165) is 5.46 Å². The molecule has 0 radical (unpaired) electrons. The average molecular weight is 144 g/mol. The zero-order valence-electron chi connectivity index (χ0n) is 5.95. The van der Waals surface area contributed by atoms with Gasteiger partial charge >= 0.3 is 65.3 Å². The SMILES string of the molecule is B=Bc1ccc(C(=O)O)cc1. The number of rotatable bonds is 2. The summed E-state index contributed by atoms with van der Waals surface area (Å²) in [5.74, 6) is -0.902. The van der Waals surface area contributed by atoms with Gasteiger partial charge in [-0.05, 0) is 0 Å². The number of hydrogen-bond acceptors (Lipinski definition) is 1. The van der Waals surface area contributed by atoms with Gasteiger partial charge in [0, 0.05) is 0 Å². The molecule has 0 bridgehead atoms. The Balaban J connectivity index is 3.00. The molecular weight excluding hydrogens is 138 g/mol. The molecule has 0 atom stereocenters. The predicted octanol–water partition coefficient (Wildman–Crippen LogP) is -0.470. The van der Waals surface area contributed by atoms with E-state index in [1.165, 1.54) is 0 Å². The topological polar surface area (TPSA) is 37.3 Å². The summed E-state index contributed by atoms with van der Waals surface area (Å²) in [6, 6.07) is 6.55. The molecule has 2 nitrogen and oxygen atoms in total. The molecule has 0 saturated carbocycles. The van der Waals surface area contributed by atoms with Crippen LogP contribution in [0.3, 0.4) is 0 Å². The van der Waals surface area contributed by atoms with E-state index in [-0.39, 0.29) is 0 Å². The molecule has 0 saturated heterocycles. The Morgan fingerprint density at radius 3 is 2.27 bits per heavy atom. The summed E-state index contributed by atoms with van der Waals surface area (Å²) in [6.07, 6.45) is 0. The van der Waals surface area contributed by atoms with Crippen LogP contribution >= 0.6 is 0 Å². The van der Waals surface area contributed by atoms with Crippen LogP contribution in [0.1, 0.15) is 10.4 Å². The van der Waals surface area contributed by atoms with Crippen LogP contribution in [0.4, 0.5) is 0 Å². The van der Waals surface area contributed by atoms with Crippen molar-refractivity contribution in [2.75, 3.05) is 0 Å². The number of benzene rings is 1. The van der Waals surface area contributed by atoms with Crippen molar-refractivity contribution in [1.82, 2.24) is 0 Å². The Labute approximate surface area is 66.1 Å². The Kier molecular flexibility index (Phi) is 2.36. The zero-order valence-corrected chi connectivity index (χ0v) is 5.95. The summed E-state index contributed by atoms with van der Waals surface area (Å²) in [5, 5.41) is 8.52. The maximum atomic E-state index is 10.4. The van der Waals surface area contributed by atoms with E-state index in [4.69, 9.17) is 5.11 Å². The molecule has 0 aliphatic rings. The molecule has 4 heteroatoms. The molecule has 0 unspecified atom stereocenters. The number of carbonyl (C=O) groups is 1. The van der Waals surface area contributed by atoms with Crippen LogP contribution in [0.15, 0.2) is 24.3 Å². The van der Waals surface area contributed by atoms with Crippen LogP contribution in [0.2, 0.25) is 0 Å². The van der Waals surface area contributed by atoms with Crippen LogP contribution in [-0.2, 0) is 0 Å². The van der Waals surface area contributed by atoms with Crippen molar-refractivity contribution in [3.8, 4) is 0 Å². The van der Waals surface area contributed by atoms with E-state index in [0.29, 0.717) is 5.56 Å². The predicted molar refractivity (Wildman–Crippen MR) is 45.9 cm³/mol. The van der Waals surface area contributed by atoms with Gasteiger partial charge in [-0.3, -0.25) is 0 Å². The second kappa shape index (κ2) is 3.28. The first kappa shape index (κ1) is 7.92. The molecule has 52 valence electrons. The van der Waals surface area contributed by atoms with Gasteiger partial charge in [-0.1, -0.05) is 0 Å². The second-order valence-electron chi connectivity index (χ2n) is 2.13. The quantitative estimate of drug-likeness (QED) is 0.569. The van der Waals surface area contributed by atoms with Gasteiger partial charge in [-0.25, -0.2) is 0 Å². The van der Waals surface area contributed by atoms with Gasteiger partial charge in [0.25, 0.3) is 0 Å². The molecule has 1 N–H and O–H groups in total. The van der Waals surface area contributed by atoms with E-state index < -0.39 is 5.97 Å². The van der Waals surface area contributed by atoms with Crippen LogP contribution in [-0.4, -0.2) is 25.2 Å². The van der Waals surface area contributed by atoms with E-state index in [1.807, 2.05) is 0 Å². The fraction of sp³-hybridized carbons (Fsp3) is 0. The first-order chi connectivity index (χ1) is 5.24. The Morgan fingerprint density at radius 1 is 1.36 bits per heavy atom.